The molecule has 66 valence electrons. The third-order valence-corrected chi connectivity index (χ3v) is 1.70. The summed E-state index contributed by atoms with van der Waals surface area (Å²) in [5.41, 5.74) is 0.506. The minimum Gasteiger partial charge on any atom is -0.491 e. The van der Waals surface area contributed by atoms with Gasteiger partial charge in [-0.3, -0.25) is 0 Å². The smallest absolute Gasteiger partial charge is 0.168 e. The number of benzene rings is 1. The van der Waals surface area contributed by atoms with Crippen molar-refractivity contribution in [2.75, 3.05) is 6.61 Å². The molecule has 0 aliphatic rings. The average Bonchev–Trinajstić information content (AvgIpc) is 2.00. The molecular formula is C9H10ClFO. The molecule has 0 saturated carbocycles. The molecule has 0 aromatic heterocycles. The zero-order valence-electron chi connectivity index (χ0n) is 7.03. The highest BCUT2D eigenvalue weighted by atomic mass is 35.5. The van der Waals surface area contributed by atoms with Crippen molar-refractivity contribution in [1.29, 1.82) is 0 Å². The fourth-order valence-electron chi connectivity index (χ4n) is 0.955. The van der Waals surface area contributed by atoms with Crippen LogP contribution in [-0.2, 0) is 0 Å². The molecular weight excluding hydrogens is 179 g/mol. The molecule has 0 radical (unpaired) electrons. The molecule has 1 aromatic rings. The maximum absolute atomic E-state index is 13.2. The van der Waals surface area contributed by atoms with Crippen LogP contribution in [0.3, 0.4) is 0 Å². The largest absolute Gasteiger partial charge is 0.491 e. The first-order chi connectivity index (χ1) is 5.65. The molecule has 0 aliphatic heterocycles. The van der Waals surface area contributed by atoms with Gasteiger partial charge in [-0.1, -0.05) is 11.6 Å². The molecule has 0 atom stereocenters. The Labute approximate surface area is 76.1 Å². The molecule has 0 bridgehead atoms. The zero-order valence-corrected chi connectivity index (χ0v) is 7.78. The van der Waals surface area contributed by atoms with Crippen molar-refractivity contribution in [2.45, 2.75) is 13.8 Å². The van der Waals surface area contributed by atoms with Gasteiger partial charge in [0.1, 0.15) is 0 Å². The lowest BCUT2D eigenvalue weighted by Crippen LogP contribution is -1.96. The van der Waals surface area contributed by atoms with Gasteiger partial charge < -0.3 is 4.74 Å². The Kier molecular flexibility index (Phi) is 2.93. The fourth-order valence-corrected chi connectivity index (χ4v) is 1.22. The van der Waals surface area contributed by atoms with Crippen LogP contribution < -0.4 is 4.74 Å². The summed E-state index contributed by atoms with van der Waals surface area (Å²) in [6.45, 7) is 3.90. The monoisotopic (exact) mass is 188 g/mol. The van der Waals surface area contributed by atoms with Gasteiger partial charge in [0.25, 0.3) is 0 Å². The summed E-state index contributed by atoms with van der Waals surface area (Å²) in [6.07, 6.45) is 0. The van der Waals surface area contributed by atoms with E-state index in [2.05, 4.69) is 0 Å². The van der Waals surface area contributed by atoms with Crippen molar-refractivity contribution in [3.63, 3.8) is 0 Å². The van der Waals surface area contributed by atoms with Crippen LogP contribution in [0, 0.1) is 12.7 Å². The third-order valence-electron chi connectivity index (χ3n) is 1.49. The van der Waals surface area contributed by atoms with Gasteiger partial charge in [-0.2, -0.15) is 0 Å². The minimum absolute atomic E-state index is 0.225. The standard InChI is InChI=1S/C9H10ClFO/c1-3-12-8-5-7(10)4-6(2)9(8)11/h4-5H,3H2,1-2H3. The van der Waals surface area contributed by atoms with Crippen molar-refractivity contribution < 1.29 is 9.13 Å². The van der Waals surface area contributed by atoms with E-state index in [1.807, 2.05) is 0 Å². The van der Waals surface area contributed by atoms with Gasteiger partial charge in [0.05, 0.1) is 6.61 Å². The summed E-state index contributed by atoms with van der Waals surface area (Å²) < 4.78 is 18.2. The first-order valence-corrected chi connectivity index (χ1v) is 4.11. The Morgan fingerprint density at radius 1 is 1.50 bits per heavy atom. The van der Waals surface area contributed by atoms with Crippen LogP contribution in [0.15, 0.2) is 12.1 Å². The van der Waals surface area contributed by atoms with Gasteiger partial charge in [0.15, 0.2) is 11.6 Å². The predicted molar refractivity (Wildman–Crippen MR) is 47.3 cm³/mol. The zero-order chi connectivity index (χ0) is 9.14. The Morgan fingerprint density at radius 3 is 2.75 bits per heavy atom. The quantitative estimate of drug-likeness (QED) is 0.693. The van der Waals surface area contributed by atoms with Crippen LogP contribution >= 0.6 is 11.6 Å². The van der Waals surface area contributed by atoms with Crippen LogP contribution in [0.4, 0.5) is 4.39 Å². The molecule has 1 nitrogen and oxygen atoms in total. The summed E-state index contributed by atoms with van der Waals surface area (Å²) >= 11 is 5.71. The van der Waals surface area contributed by atoms with Gasteiger partial charge in [-0.15, -0.1) is 0 Å². The second-order valence-electron chi connectivity index (χ2n) is 2.47. The van der Waals surface area contributed by atoms with Crippen LogP contribution in [0.25, 0.3) is 0 Å². The van der Waals surface area contributed by atoms with E-state index in [9.17, 15) is 4.39 Å². The van der Waals surface area contributed by atoms with E-state index in [0.717, 1.165) is 0 Å². The van der Waals surface area contributed by atoms with Crippen molar-refractivity contribution in [3.05, 3.63) is 28.5 Å². The predicted octanol–water partition coefficient (Wildman–Crippen LogP) is 3.19. The first-order valence-electron chi connectivity index (χ1n) is 3.73. The number of hydrogen-bond donors (Lipinski definition) is 0. The number of halogens is 2. The van der Waals surface area contributed by atoms with Crippen LogP contribution in [0.1, 0.15) is 12.5 Å². The molecule has 3 heteroatoms. The molecule has 0 fully saturated rings. The fraction of sp³-hybridized carbons (Fsp3) is 0.333. The van der Waals surface area contributed by atoms with Gasteiger partial charge in [-0.05, 0) is 25.5 Å². The van der Waals surface area contributed by atoms with Crippen molar-refractivity contribution in [1.82, 2.24) is 0 Å². The summed E-state index contributed by atoms with van der Waals surface area (Å²) in [5, 5.41) is 0.498. The molecule has 0 N–H and O–H groups in total. The molecule has 0 heterocycles. The highest BCUT2D eigenvalue weighted by Gasteiger charge is 2.07. The molecule has 1 aromatic carbocycles. The number of aryl methyl sites for hydroxylation is 1. The van der Waals surface area contributed by atoms with E-state index < -0.39 is 0 Å². The molecule has 0 aliphatic carbocycles. The summed E-state index contributed by atoms with van der Waals surface area (Å²) in [5.74, 6) is -0.108. The van der Waals surface area contributed by atoms with E-state index in [1.165, 1.54) is 6.07 Å². The maximum atomic E-state index is 13.2. The highest BCUT2D eigenvalue weighted by molar-refractivity contribution is 6.30. The summed E-state index contributed by atoms with van der Waals surface area (Å²) in [6, 6.07) is 3.05. The normalized spacial score (nSPS) is 10.0. The lowest BCUT2D eigenvalue weighted by molar-refractivity contribution is 0.321. The Hall–Kier alpha value is -0.760. The van der Waals surface area contributed by atoms with E-state index in [-0.39, 0.29) is 11.6 Å². The first kappa shape index (κ1) is 9.33. The molecule has 1 rings (SSSR count). The minimum atomic E-state index is -0.332. The van der Waals surface area contributed by atoms with Crippen molar-refractivity contribution in [2.24, 2.45) is 0 Å². The second-order valence-corrected chi connectivity index (χ2v) is 2.90. The Morgan fingerprint density at radius 2 is 2.17 bits per heavy atom. The van der Waals surface area contributed by atoms with Gasteiger partial charge in [0, 0.05) is 11.1 Å². The van der Waals surface area contributed by atoms with Gasteiger partial charge in [-0.25, -0.2) is 4.39 Å². The highest BCUT2D eigenvalue weighted by Crippen LogP contribution is 2.25. The lowest BCUT2D eigenvalue weighted by Gasteiger charge is -2.06. The topological polar surface area (TPSA) is 9.23 Å². The Bertz CT molecular complexity index is 286. The lowest BCUT2D eigenvalue weighted by atomic mass is 10.2. The molecule has 0 unspecified atom stereocenters. The van der Waals surface area contributed by atoms with E-state index in [4.69, 9.17) is 16.3 Å². The summed E-state index contributed by atoms with van der Waals surface area (Å²) in [4.78, 5) is 0. The second kappa shape index (κ2) is 3.76. The van der Waals surface area contributed by atoms with Gasteiger partial charge in [0.2, 0.25) is 0 Å². The summed E-state index contributed by atoms with van der Waals surface area (Å²) in [7, 11) is 0. The number of hydrogen-bond acceptors (Lipinski definition) is 1. The van der Waals surface area contributed by atoms with Crippen LogP contribution in [-0.4, -0.2) is 6.61 Å². The maximum Gasteiger partial charge on any atom is 0.168 e. The van der Waals surface area contributed by atoms with Gasteiger partial charge >= 0.3 is 0 Å². The van der Waals surface area contributed by atoms with E-state index >= 15 is 0 Å². The van der Waals surface area contributed by atoms with Crippen LogP contribution in [0.5, 0.6) is 5.75 Å². The van der Waals surface area contributed by atoms with E-state index in [0.29, 0.717) is 17.2 Å². The SMILES string of the molecule is CCOc1cc(Cl)cc(C)c1F. The van der Waals surface area contributed by atoms with Crippen molar-refractivity contribution in [3.8, 4) is 5.75 Å². The van der Waals surface area contributed by atoms with E-state index in [1.54, 1.807) is 19.9 Å². The Balaban J connectivity index is 3.09. The number of rotatable bonds is 2. The van der Waals surface area contributed by atoms with Crippen LogP contribution in [0.2, 0.25) is 5.02 Å². The molecule has 0 saturated heterocycles. The molecule has 0 amide bonds. The molecule has 0 spiro atoms. The number of ether oxygens (including phenoxy) is 1. The third kappa shape index (κ3) is 1.89. The average molecular weight is 189 g/mol. The molecule has 12 heavy (non-hydrogen) atoms. The van der Waals surface area contributed by atoms with Crippen molar-refractivity contribution >= 4 is 11.6 Å².